The lowest BCUT2D eigenvalue weighted by molar-refractivity contribution is 0.210. The van der Waals surface area contributed by atoms with E-state index in [-0.39, 0.29) is 5.82 Å². The number of nitrogens with zero attached hydrogens (tertiary/aromatic N) is 2. The zero-order valence-corrected chi connectivity index (χ0v) is 12.7. The summed E-state index contributed by atoms with van der Waals surface area (Å²) in [6, 6.07) is 11.8. The van der Waals surface area contributed by atoms with Gasteiger partial charge in [-0.1, -0.05) is 24.3 Å². The number of benzene rings is 2. The summed E-state index contributed by atoms with van der Waals surface area (Å²) in [5.74, 6) is 0.0781. The summed E-state index contributed by atoms with van der Waals surface area (Å²) in [7, 11) is 0. The summed E-state index contributed by atoms with van der Waals surface area (Å²) >= 11 is 0. The summed E-state index contributed by atoms with van der Waals surface area (Å²) in [6.07, 6.45) is 0.239. The van der Waals surface area contributed by atoms with Gasteiger partial charge in [0.2, 0.25) is 0 Å². The zero-order chi connectivity index (χ0) is 17.4. The Kier molecular flexibility index (Phi) is 3.42. The molecule has 2 aromatic carbocycles. The van der Waals surface area contributed by atoms with E-state index in [1.54, 1.807) is 12.1 Å². The van der Waals surface area contributed by atoms with E-state index in [1.165, 1.54) is 18.3 Å². The molecule has 0 bridgehead atoms. The lowest BCUT2D eigenvalue weighted by atomic mass is 10.0. The third kappa shape index (κ3) is 2.69. The van der Waals surface area contributed by atoms with Gasteiger partial charge in [-0.05, 0) is 23.8 Å². The van der Waals surface area contributed by atoms with Gasteiger partial charge in [0.25, 0.3) is 0 Å². The van der Waals surface area contributed by atoms with Gasteiger partial charge in [0.1, 0.15) is 5.82 Å². The number of carbonyl (C=O) groups is 1. The fourth-order valence-electron chi connectivity index (χ4n) is 2.71. The summed E-state index contributed by atoms with van der Waals surface area (Å²) in [6.45, 7) is 0. The molecule has 0 saturated carbocycles. The fraction of sp³-hybridized carbons (Fsp3) is 0. The zero-order valence-electron chi connectivity index (χ0n) is 12.7. The van der Waals surface area contributed by atoms with Gasteiger partial charge in [-0.2, -0.15) is 5.10 Å². The first kappa shape index (κ1) is 14.9. The van der Waals surface area contributed by atoms with Crippen LogP contribution in [0.25, 0.3) is 33.7 Å². The van der Waals surface area contributed by atoms with Crippen LogP contribution in [0.4, 0.5) is 14.9 Å². The molecule has 4 aromatic rings. The van der Waals surface area contributed by atoms with E-state index in [0.29, 0.717) is 28.3 Å². The minimum Gasteiger partial charge on any atom is -0.465 e. The van der Waals surface area contributed by atoms with Crippen LogP contribution in [0, 0.1) is 5.82 Å². The number of carboxylic acid groups (broad SMARTS) is 1. The van der Waals surface area contributed by atoms with Crippen LogP contribution in [-0.4, -0.2) is 31.4 Å². The lowest BCUT2D eigenvalue weighted by Crippen LogP contribution is -2.07. The number of imidazole rings is 1. The average molecular weight is 337 g/mol. The monoisotopic (exact) mass is 337 g/mol. The number of aromatic amines is 2. The van der Waals surface area contributed by atoms with E-state index in [2.05, 4.69) is 25.5 Å². The van der Waals surface area contributed by atoms with Gasteiger partial charge >= 0.3 is 6.09 Å². The topological polar surface area (TPSA) is 107 Å². The highest BCUT2D eigenvalue weighted by atomic mass is 19.1. The molecule has 25 heavy (non-hydrogen) atoms. The molecule has 0 aliphatic heterocycles. The van der Waals surface area contributed by atoms with Crippen LogP contribution in [0.15, 0.2) is 48.7 Å². The van der Waals surface area contributed by atoms with Crippen molar-refractivity contribution in [3.05, 3.63) is 54.5 Å². The van der Waals surface area contributed by atoms with E-state index < -0.39 is 6.09 Å². The highest BCUT2D eigenvalue weighted by Gasteiger charge is 2.16. The van der Waals surface area contributed by atoms with Gasteiger partial charge < -0.3 is 10.1 Å². The van der Waals surface area contributed by atoms with Gasteiger partial charge in [-0.15, -0.1) is 0 Å². The summed E-state index contributed by atoms with van der Waals surface area (Å²) < 4.78 is 13.5. The van der Waals surface area contributed by atoms with Crippen molar-refractivity contribution in [2.24, 2.45) is 0 Å². The second-order valence-electron chi connectivity index (χ2n) is 5.38. The number of rotatable bonds is 3. The lowest BCUT2D eigenvalue weighted by Gasteiger charge is -2.02. The molecule has 0 aliphatic carbocycles. The molecule has 2 aromatic heterocycles. The third-order valence-electron chi connectivity index (χ3n) is 3.75. The SMILES string of the molecule is O=C(O)Nc1c[nH]nc1-c1nc2c(-c3cccc(F)c3)cccc2[nH]1. The number of hydrogen-bond donors (Lipinski definition) is 4. The van der Waals surface area contributed by atoms with Crippen LogP contribution in [0.2, 0.25) is 0 Å². The average Bonchev–Trinajstić information content (AvgIpc) is 3.19. The molecule has 0 spiro atoms. The van der Waals surface area contributed by atoms with Crippen molar-refractivity contribution in [2.45, 2.75) is 0 Å². The van der Waals surface area contributed by atoms with Crippen LogP contribution in [0.5, 0.6) is 0 Å². The van der Waals surface area contributed by atoms with Crippen LogP contribution in [0.3, 0.4) is 0 Å². The minimum atomic E-state index is -1.20. The molecule has 0 saturated heterocycles. The molecule has 8 heteroatoms. The van der Waals surface area contributed by atoms with E-state index in [9.17, 15) is 9.18 Å². The highest BCUT2D eigenvalue weighted by Crippen LogP contribution is 2.31. The molecule has 7 nitrogen and oxygen atoms in total. The molecule has 2 heterocycles. The predicted molar refractivity (Wildman–Crippen MR) is 90.7 cm³/mol. The van der Waals surface area contributed by atoms with E-state index in [4.69, 9.17) is 5.11 Å². The summed E-state index contributed by atoms with van der Waals surface area (Å²) in [5, 5.41) is 17.8. The normalized spacial score (nSPS) is 10.9. The van der Waals surface area contributed by atoms with Gasteiger partial charge in [0.05, 0.1) is 16.7 Å². The van der Waals surface area contributed by atoms with Crippen LogP contribution < -0.4 is 5.32 Å². The van der Waals surface area contributed by atoms with Crippen molar-refractivity contribution in [3.63, 3.8) is 0 Å². The number of anilines is 1. The predicted octanol–water partition coefficient (Wildman–Crippen LogP) is 3.85. The molecular formula is C17H12FN5O2. The number of halogens is 1. The maximum absolute atomic E-state index is 13.5. The Bertz CT molecular complexity index is 1090. The molecule has 4 N–H and O–H groups in total. The number of amides is 1. The van der Waals surface area contributed by atoms with E-state index in [0.717, 1.165) is 11.1 Å². The van der Waals surface area contributed by atoms with E-state index >= 15 is 0 Å². The number of aromatic nitrogens is 4. The number of hydrogen-bond acceptors (Lipinski definition) is 3. The first-order valence-corrected chi connectivity index (χ1v) is 7.40. The number of para-hydroxylation sites is 1. The molecular weight excluding hydrogens is 325 g/mol. The Hall–Kier alpha value is -3.68. The molecule has 4 rings (SSSR count). The van der Waals surface area contributed by atoms with Crippen LogP contribution >= 0.6 is 0 Å². The summed E-state index contributed by atoms with van der Waals surface area (Å²) in [5.41, 5.74) is 3.49. The van der Waals surface area contributed by atoms with Crippen LogP contribution in [0.1, 0.15) is 0 Å². The Labute approximate surface area is 140 Å². The standard InChI is InChI=1S/C17H12FN5O2/c18-10-4-1-3-9(7-10)11-5-2-6-12-14(11)22-16(20-12)15-13(8-19-23-15)21-17(24)25/h1-8,21H,(H,19,23)(H,20,22)(H,24,25). The number of nitrogens with one attached hydrogen (secondary N) is 3. The van der Waals surface area contributed by atoms with Gasteiger partial charge in [0, 0.05) is 11.8 Å². The maximum atomic E-state index is 13.5. The van der Waals surface area contributed by atoms with Gasteiger partial charge in [-0.3, -0.25) is 10.4 Å². The van der Waals surface area contributed by atoms with Crippen molar-refractivity contribution in [1.82, 2.24) is 20.2 Å². The van der Waals surface area contributed by atoms with E-state index in [1.807, 2.05) is 18.2 Å². The van der Waals surface area contributed by atoms with Crippen LogP contribution in [-0.2, 0) is 0 Å². The first-order chi connectivity index (χ1) is 12.1. The number of H-pyrrole nitrogens is 2. The molecule has 0 aliphatic rings. The smallest absolute Gasteiger partial charge is 0.409 e. The van der Waals surface area contributed by atoms with Gasteiger partial charge in [-0.25, -0.2) is 14.2 Å². The molecule has 0 unspecified atom stereocenters. The highest BCUT2D eigenvalue weighted by molar-refractivity contribution is 5.95. The second-order valence-corrected chi connectivity index (χ2v) is 5.38. The number of fused-ring (bicyclic) bond motifs is 1. The molecule has 1 amide bonds. The van der Waals surface area contributed by atoms with Gasteiger partial charge in [0.15, 0.2) is 11.5 Å². The van der Waals surface area contributed by atoms with Crippen molar-refractivity contribution >= 4 is 22.8 Å². The van der Waals surface area contributed by atoms with Crippen molar-refractivity contribution in [3.8, 4) is 22.6 Å². The molecule has 0 radical (unpaired) electrons. The Morgan fingerprint density at radius 2 is 2.04 bits per heavy atom. The van der Waals surface area contributed by atoms with Crippen molar-refractivity contribution < 1.29 is 14.3 Å². The molecule has 124 valence electrons. The minimum absolute atomic E-state index is 0.291. The molecule has 0 atom stereocenters. The maximum Gasteiger partial charge on any atom is 0.409 e. The Morgan fingerprint density at radius 3 is 2.84 bits per heavy atom. The quantitative estimate of drug-likeness (QED) is 0.455. The van der Waals surface area contributed by atoms with Crippen molar-refractivity contribution in [2.75, 3.05) is 5.32 Å². The first-order valence-electron chi connectivity index (χ1n) is 7.40. The Balaban J connectivity index is 1.86. The fourth-order valence-corrected chi connectivity index (χ4v) is 2.71. The molecule has 0 fully saturated rings. The Morgan fingerprint density at radius 1 is 1.20 bits per heavy atom. The third-order valence-corrected chi connectivity index (χ3v) is 3.75. The largest absolute Gasteiger partial charge is 0.465 e. The second kappa shape index (κ2) is 5.75. The van der Waals surface area contributed by atoms with Crippen molar-refractivity contribution in [1.29, 1.82) is 0 Å². The summed E-state index contributed by atoms with van der Waals surface area (Å²) in [4.78, 5) is 18.5.